The Labute approximate surface area is 264 Å². The van der Waals surface area contributed by atoms with E-state index in [1.54, 1.807) is 0 Å². The van der Waals surface area contributed by atoms with Crippen LogP contribution in [0.2, 0.25) is 0 Å². The molecule has 3 aromatic heterocycles. The summed E-state index contributed by atoms with van der Waals surface area (Å²) in [5.74, 6) is 0.709. The number of aromatic nitrogens is 3. The van der Waals surface area contributed by atoms with E-state index in [4.69, 9.17) is 15.0 Å². The summed E-state index contributed by atoms with van der Waals surface area (Å²) in [6.07, 6.45) is 0. The summed E-state index contributed by atoms with van der Waals surface area (Å²) in [6.45, 7) is 0. The molecule has 3 heterocycles. The third-order valence-electron chi connectivity index (χ3n) is 8.50. The van der Waals surface area contributed by atoms with Crippen molar-refractivity contribution < 1.29 is 0 Å². The Morgan fingerprint density at radius 2 is 0.889 bits per heavy atom. The number of nitrogens with zero attached hydrogens (tertiary/aromatic N) is 3. The quantitative estimate of drug-likeness (QED) is 0.204. The maximum Gasteiger partial charge on any atom is 0.160 e. The number of fused-ring (bicyclic) bond motifs is 6. The predicted molar refractivity (Wildman–Crippen MR) is 189 cm³/mol. The molecule has 210 valence electrons. The molecule has 0 unspecified atom stereocenters. The molecule has 4 heteroatoms. The topological polar surface area (TPSA) is 38.7 Å². The van der Waals surface area contributed by atoms with Crippen LogP contribution in [0.25, 0.3) is 87.0 Å². The van der Waals surface area contributed by atoms with Gasteiger partial charge in [-0.2, -0.15) is 0 Å². The lowest BCUT2D eigenvalue weighted by Gasteiger charge is -2.11. The van der Waals surface area contributed by atoms with E-state index in [0.29, 0.717) is 5.82 Å². The standard InChI is InChI=1S/C41H25N3S/c1-2-10-26(11-3-1)27-18-20-28(21-19-27)38-32-13-5-8-16-35(32)43-41(44-38)30-24-22-29(23-25-30)39-40-37(31-12-4-7-15-34(31)42-39)33-14-6-9-17-36(33)45-40/h1-25H. The van der Waals surface area contributed by atoms with Gasteiger partial charge >= 0.3 is 0 Å². The zero-order valence-corrected chi connectivity index (χ0v) is 25.0. The van der Waals surface area contributed by atoms with Crippen molar-refractivity contribution in [3.05, 3.63) is 152 Å². The first kappa shape index (κ1) is 25.8. The van der Waals surface area contributed by atoms with E-state index in [9.17, 15) is 0 Å². The molecule has 0 aliphatic rings. The summed E-state index contributed by atoms with van der Waals surface area (Å²) in [5.41, 5.74) is 9.38. The van der Waals surface area contributed by atoms with Gasteiger partial charge in [-0.3, -0.25) is 0 Å². The number of thiophene rings is 1. The summed E-state index contributed by atoms with van der Waals surface area (Å²) in [6, 6.07) is 53.0. The molecule has 0 bridgehead atoms. The Morgan fingerprint density at radius 1 is 0.356 bits per heavy atom. The highest BCUT2D eigenvalue weighted by Crippen LogP contribution is 2.43. The minimum Gasteiger partial charge on any atom is -0.246 e. The Morgan fingerprint density at radius 3 is 1.64 bits per heavy atom. The average molecular weight is 592 g/mol. The van der Waals surface area contributed by atoms with Gasteiger partial charge in [0, 0.05) is 42.9 Å². The van der Waals surface area contributed by atoms with Crippen molar-refractivity contribution >= 4 is 53.3 Å². The van der Waals surface area contributed by atoms with Crippen LogP contribution in [0.3, 0.4) is 0 Å². The maximum atomic E-state index is 5.17. The highest BCUT2D eigenvalue weighted by atomic mass is 32.1. The Bertz CT molecular complexity index is 2520. The Hall–Kier alpha value is -5.71. The number of hydrogen-bond donors (Lipinski definition) is 0. The molecule has 0 spiro atoms. The molecule has 0 saturated heterocycles. The summed E-state index contributed by atoms with van der Waals surface area (Å²) >= 11 is 1.81. The molecule has 0 saturated carbocycles. The zero-order valence-electron chi connectivity index (χ0n) is 24.2. The van der Waals surface area contributed by atoms with Gasteiger partial charge in [-0.25, -0.2) is 15.0 Å². The minimum atomic E-state index is 0.709. The first-order valence-electron chi connectivity index (χ1n) is 15.0. The van der Waals surface area contributed by atoms with Crippen LogP contribution in [0.1, 0.15) is 0 Å². The monoisotopic (exact) mass is 591 g/mol. The SMILES string of the molecule is c1ccc(-c2ccc(-c3nc(-c4ccc(-c5nc6ccccc6c6c5sc5ccccc56)cc4)nc4ccccc34)cc2)cc1. The van der Waals surface area contributed by atoms with Crippen LogP contribution in [0.4, 0.5) is 0 Å². The molecule has 0 aliphatic heterocycles. The summed E-state index contributed by atoms with van der Waals surface area (Å²) in [7, 11) is 0. The predicted octanol–water partition coefficient (Wildman–Crippen LogP) is 11.2. The van der Waals surface area contributed by atoms with E-state index in [0.717, 1.165) is 44.5 Å². The molecule has 0 radical (unpaired) electrons. The molecule has 0 amide bonds. The summed E-state index contributed by atoms with van der Waals surface area (Å²) in [4.78, 5) is 15.3. The molecular formula is C41H25N3S. The highest BCUT2D eigenvalue weighted by Gasteiger charge is 2.17. The largest absolute Gasteiger partial charge is 0.246 e. The van der Waals surface area contributed by atoms with Crippen molar-refractivity contribution in [1.29, 1.82) is 0 Å². The minimum absolute atomic E-state index is 0.709. The van der Waals surface area contributed by atoms with Crippen LogP contribution in [0, 0.1) is 0 Å². The average Bonchev–Trinajstić information content (AvgIpc) is 3.51. The van der Waals surface area contributed by atoms with Crippen LogP contribution in [-0.4, -0.2) is 15.0 Å². The van der Waals surface area contributed by atoms with E-state index in [2.05, 4.69) is 133 Å². The molecule has 9 rings (SSSR count). The van der Waals surface area contributed by atoms with Crippen molar-refractivity contribution in [1.82, 2.24) is 15.0 Å². The number of hydrogen-bond acceptors (Lipinski definition) is 4. The van der Waals surface area contributed by atoms with Crippen LogP contribution in [0.5, 0.6) is 0 Å². The van der Waals surface area contributed by atoms with Gasteiger partial charge in [-0.05, 0) is 29.3 Å². The fourth-order valence-electron chi connectivity index (χ4n) is 6.28. The fraction of sp³-hybridized carbons (Fsp3) is 0. The van der Waals surface area contributed by atoms with Crippen molar-refractivity contribution in [3.63, 3.8) is 0 Å². The summed E-state index contributed by atoms with van der Waals surface area (Å²) < 4.78 is 2.49. The van der Waals surface area contributed by atoms with Crippen molar-refractivity contribution in [2.45, 2.75) is 0 Å². The van der Waals surface area contributed by atoms with Crippen molar-refractivity contribution in [2.24, 2.45) is 0 Å². The molecule has 0 N–H and O–H groups in total. The first-order chi connectivity index (χ1) is 22.3. The third kappa shape index (κ3) is 4.38. The van der Waals surface area contributed by atoms with Gasteiger partial charge in [0.1, 0.15) is 0 Å². The van der Waals surface area contributed by atoms with E-state index >= 15 is 0 Å². The van der Waals surface area contributed by atoms with Crippen molar-refractivity contribution in [2.75, 3.05) is 0 Å². The van der Waals surface area contributed by atoms with Crippen LogP contribution < -0.4 is 0 Å². The lowest BCUT2D eigenvalue weighted by molar-refractivity contribution is 1.23. The van der Waals surface area contributed by atoms with Gasteiger partial charge in [0.2, 0.25) is 0 Å². The van der Waals surface area contributed by atoms with Crippen LogP contribution in [-0.2, 0) is 0 Å². The molecule has 3 nitrogen and oxygen atoms in total. The van der Waals surface area contributed by atoms with Crippen LogP contribution in [0.15, 0.2) is 152 Å². The molecule has 6 aromatic carbocycles. The van der Waals surface area contributed by atoms with Crippen LogP contribution >= 0.6 is 11.3 Å². The van der Waals surface area contributed by atoms with Crippen molar-refractivity contribution in [3.8, 4) is 45.0 Å². The summed E-state index contributed by atoms with van der Waals surface area (Å²) in [5, 5.41) is 4.79. The van der Waals surface area contributed by atoms with Gasteiger partial charge in [0.25, 0.3) is 0 Å². The van der Waals surface area contributed by atoms with Gasteiger partial charge in [0.05, 0.1) is 27.1 Å². The van der Waals surface area contributed by atoms with E-state index < -0.39 is 0 Å². The first-order valence-corrected chi connectivity index (χ1v) is 15.9. The van der Waals surface area contributed by atoms with E-state index in [1.807, 2.05) is 29.5 Å². The Kier molecular flexibility index (Phi) is 6.00. The molecule has 0 aliphatic carbocycles. The van der Waals surface area contributed by atoms with E-state index in [-0.39, 0.29) is 0 Å². The molecule has 45 heavy (non-hydrogen) atoms. The smallest absolute Gasteiger partial charge is 0.160 e. The number of benzene rings is 6. The third-order valence-corrected chi connectivity index (χ3v) is 9.68. The number of rotatable bonds is 4. The molecule has 0 fully saturated rings. The molecular weight excluding hydrogens is 567 g/mol. The molecule has 9 aromatic rings. The Balaban J connectivity index is 1.15. The molecule has 0 atom stereocenters. The lowest BCUT2D eigenvalue weighted by atomic mass is 10.0. The van der Waals surface area contributed by atoms with Gasteiger partial charge < -0.3 is 0 Å². The fourth-order valence-corrected chi connectivity index (χ4v) is 7.51. The zero-order chi connectivity index (χ0) is 29.7. The highest BCUT2D eigenvalue weighted by molar-refractivity contribution is 7.26. The number of para-hydroxylation sites is 2. The second-order valence-corrected chi connectivity index (χ2v) is 12.3. The normalized spacial score (nSPS) is 11.6. The van der Waals surface area contributed by atoms with Gasteiger partial charge in [-0.15, -0.1) is 11.3 Å². The van der Waals surface area contributed by atoms with E-state index in [1.165, 1.54) is 36.7 Å². The lowest BCUT2D eigenvalue weighted by Crippen LogP contribution is -1.95. The maximum absolute atomic E-state index is 5.17. The van der Waals surface area contributed by atoms with Gasteiger partial charge in [-0.1, -0.05) is 133 Å². The van der Waals surface area contributed by atoms with Gasteiger partial charge in [0.15, 0.2) is 5.82 Å². The number of pyridine rings is 1. The second kappa shape index (κ2) is 10.5. The second-order valence-electron chi connectivity index (χ2n) is 11.2.